The van der Waals surface area contributed by atoms with Gasteiger partial charge in [0.05, 0.1) is 19.7 Å². The number of carbonyl (C=O) groups excluding carboxylic acids is 2. The zero-order chi connectivity index (χ0) is 15.1. The molecule has 0 spiro atoms. The first kappa shape index (κ1) is 16.7. The van der Waals surface area contributed by atoms with Gasteiger partial charge in [0.15, 0.2) is 0 Å². The Hall–Kier alpha value is -1.40. The smallest absolute Gasteiger partial charge is 0.320 e. The van der Waals surface area contributed by atoms with Crippen molar-refractivity contribution in [1.29, 1.82) is 0 Å². The number of esters is 1. The molecule has 0 fully saturated rings. The van der Waals surface area contributed by atoms with Crippen molar-refractivity contribution in [1.82, 2.24) is 4.90 Å². The molecule has 1 amide bonds. The molecule has 0 saturated heterocycles. The van der Waals surface area contributed by atoms with E-state index in [9.17, 15) is 9.59 Å². The average molecular weight is 343 g/mol. The van der Waals surface area contributed by atoms with E-state index in [1.54, 1.807) is 18.9 Å². The molecule has 0 unspecified atom stereocenters. The largest absolute Gasteiger partial charge is 0.465 e. The minimum atomic E-state index is -0.331. The number of hydrogen-bond donors (Lipinski definition) is 1. The average Bonchev–Trinajstić information content (AvgIpc) is 2.32. The molecular weight excluding hydrogens is 324 g/mol. The Labute approximate surface area is 127 Å². The lowest BCUT2D eigenvalue weighted by atomic mass is 10.2. The molecule has 1 aromatic carbocycles. The van der Waals surface area contributed by atoms with Crippen molar-refractivity contribution in [3.63, 3.8) is 0 Å². The lowest BCUT2D eigenvalue weighted by Gasteiger charge is -2.16. The van der Waals surface area contributed by atoms with E-state index in [0.29, 0.717) is 6.61 Å². The van der Waals surface area contributed by atoms with Gasteiger partial charge in [0.25, 0.3) is 0 Å². The van der Waals surface area contributed by atoms with Gasteiger partial charge in [-0.3, -0.25) is 14.5 Å². The van der Waals surface area contributed by atoms with Crippen LogP contribution < -0.4 is 5.32 Å². The predicted molar refractivity (Wildman–Crippen MR) is 81.6 cm³/mol. The van der Waals surface area contributed by atoms with Gasteiger partial charge < -0.3 is 10.1 Å². The third-order valence-electron chi connectivity index (χ3n) is 2.58. The third kappa shape index (κ3) is 5.71. The fourth-order valence-corrected chi connectivity index (χ4v) is 2.16. The van der Waals surface area contributed by atoms with Crippen LogP contribution in [0.2, 0.25) is 0 Å². The number of benzene rings is 1. The quantitative estimate of drug-likeness (QED) is 0.805. The number of halogens is 1. The topological polar surface area (TPSA) is 58.6 Å². The van der Waals surface area contributed by atoms with Crippen LogP contribution in [0.25, 0.3) is 0 Å². The van der Waals surface area contributed by atoms with Gasteiger partial charge in [-0.25, -0.2) is 0 Å². The molecule has 20 heavy (non-hydrogen) atoms. The monoisotopic (exact) mass is 342 g/mol. The number of carbonyl (C=O) groups is 2. The van der Waals surface area contributed by atoms with Crippen LogP contribution in [0.3, 0.4) is 0 Å². The highest BCUT2D eigenvalue weighted by Gasteiger charge is 2.12. The number of rotatable bonds is 6. The summed E-state index contributed by atoms with van der Waals surface area (Å²) in [5.74, 6) is -0.496. The molecule has 0 aliphatic heterocycles. The van der Waals surface area contributed by atoms with E-state index in [1.165, 1.54) is 0 Å². The second kappa shape index (κ2) is 8.01. The van der Waals surface area contributed by atoms with Gasteiger partial charge in [-0.1, -0.05) is 15.9 Å². The Kier molecular flexibility index (Phi) is 6.67. The third-order valence-corrected chi connectivity index (χ3v) is 3.07. The van der Waals surface area contributed by atoms with Crippen LogP contribution in [-0.4, -0.2) is 43.5 Å². The summed E-state index contributed by atoms with van der Waals surface area (Å²) in [7, 11) is 1.70. The molecule has 110 valence electrons. The molecule has 0 aliphatic carbocycles. The van der Waals surface area contributed by atoms with Gasteiger partial charge in [-0.05, 0) is 44.7 Å². The van der Waals surface area contributed by atoms with E-state index in [4.69, 9.17) is 4.74 Å². The first-order valence-corrected chi connectivity index (χ1v) is 7.11. The molecule has 1 aromatic rings. The molecule has 0 saturated carbocycles. The SMILES string of the molecule is CCOC(=O)CN(C)CC(=O)Nc1ccc(Br)cc1C. The molecule has 5 nitrogen and oxygen atoms in total. The van der Waals surface area contributed by atoms with Crippen molar-refractivity contribution in [3.8, 4) is 0 Å². The van der Waals surface area contributed by atoms with E-state index in [0.717, 1.165) is 15.7 Å². The second-order valence-corrected chi connectivity index (χ2v) is 5.40. The lowest BCUT2D eigenvalue weighted by Crippen LogP contribution is -2.34. The normalized spacial score (nSPS) is 10.4. The fraction of sp³-hybridized carbons (Fsp3) is 0.429. The van der Waals surface area contributed by atoms with Gasteiger partial charge in [-0.15, -0.1) is 0 Å². The summed E-state index contributed by atoms with van der Waals surface area (Å²) in [6, 6.07) is 5.63. The summed E-state index contributed by atoms with van der Waals surface area (Å²) in [5, 5.41) is 2.82. The number of nitrogens with one attached hydrogen (secondary N) is 1. The Bertz CT molecular complexity index is 491. The first-order valence-electron chi connectivity index (χ1n) is 6.32. The number of amides is 1. The number of likely N-dealkylation sites (N-methyl/N-ethyl adjacent to an activating group) is 1. The van der Waals surface area contributed by atoms with E-state index >= 15 is 0 Å². The predicted octanol–water partition coefficient (Wildman–Crippen LogP) is 2.19. The molecular formula is C14H19BrN2O3. The highest BCUT2D eigenvalue weighted by molar-refractivity contribution is 9.10. The van der Waals surface area contributed by atoms with Crippen molar-refractivity contribution in [3.05, 3.63) is 28.2 Å². The van der Waals surface area contributed by atoms with Crippen LogP contribution in [0, 0.1) is 6.92 Å². The fourth-order valence-electron chi connectivity index (χ4n) is 1.69. The molecule has 0 atom stereocenters. The lowest BCUT2D eigenvalue weighted by molar-refractivity contribution is -0.144. The summed E-state index contributed by atoms with van der Waals surface area (Å²) in [5.41, 5.74) is 1.74. The van der Waals surface area contributed by atoms with Crippen LogP contribution in [0.5, 0.6) is 0 Å². The van der Waals surface area contributed by atoms with Crippen LogP contribution in [0.1, 0.15) is 12.5 Å². The molecule has 0 heterocycles. The first-order chi connectivity index (χ1) is 9.42. The van der Waals surface area contributed by atoms with Gasteiger partial charge in [0, 0.05) is 10.2 Å². The van der Waals surface area contributed by atoms with Crippen molar-refractivity contribution in [2.45, 2.75) is 13.8 Å². The maximum Gasteiger partial charge on any atom is 0.320 e. The summed E-state index contributed by atoms with van der Waals surface area (Å²) < 4.78 is 5.79. The highest BCUT2D eigenvalue weighted by Crippen LogP contribution is 2.19. The maximum absolute atomic E-state index is 11.9. The Morgan fingerprint density at radius 3 is 2.65 bits per heavy atom. The van der Waals surface area contributed by atoms with Crippen molar-refractivity contribution < 1.29 is 14.3 Å². The van der Waals surface area contributed by atoms with Crippen LogP contribution in [0.15, 0.2) is 22.7 Å². The van der Waals surface area contributed by atoms with Gasteiger partial charge in [0.2, 0.25) is 5.91 Å². The number of anilines is 1. The Morgan fingerprint density at radius 2 is 2.05 bits per heavy atom. The zero-order valence-electron chi connectivity index (χ0n) is 11.9. The molecule has 0 aromatic heterocycles. The van der Waals surface area contributed by atoms with E-state index in [-0.39, 0.29) is 25.0 Å². The minimum Gasteiger partial charge on any atom is -0.465 e. The molecule has 1 N–H and O–H groups in total. The Morgan fingerprint density at radius 1 is 1.35 bits per heavy atom. The van der Waals surface area contributed by atoms with Crippen molar-refractivity contribution in [2.24, 2.45) is 0 Å². The van der Waals surface area contributed by atoms with Crippen LogP contribution >= 0.6 is 15.9 Å². The summed E-state index contributed by atoms with van der Waals surface area (Å²) in [6.45, 7) is 4.25. The number of aryl methyl sites for hydroxylation is 1. The molecule has 6 heteroatoms. The van der Waals surface area contributed by atoms with Crippen LogP contribution in [-0.2, 0) is 14.3 Å². The molecule has 1 rings (SSSR count). The van der Waals surface area contributed by atoms with E-state index in [2.05, 4.69) is 21.2 Å². The Balaban J connectivity index is 2.49. The number of ether oxygens (including phenoxy) is 1. The van der Waals surface area contributed by atoms with E-state index in [1.807, 2.05) is 25.1 Å². The summed E-state index contributed by atoms with van der Waals surface area (Å²) in [6.07, 6.45) is 0. The number of hydrogen-bond acceptors (Lipinski definition) is 4. The van der Waals surface area contributed by atoms with Gasteiger partial charge in [0.1, 0.15) is 0 Å². The molecule has 0 aliphatic rings. The second-order valence-electron chi connectivity index (χ2n) is 4.48. The standard InChI is InChI=1S/C14H19BrN2O3/c1-4-20-14(19)9-17(3)8-13(18)16-12-6-5-11(15)7-10(12)2/h5-7H,4,8-9H2,1-3H3,(H,16,18). The van der Waals surface area contributed by atoms with Gasteiger partial charge in [-0.2, -0.15) is 0 Å². The zero-order valence-corrected chi connectivity index (χ0v) is 13.5. The van der Waals surface area contributed by atoms with Crippen molar-refractivity contribution in [2.75, 3.05) is 32.1 Å². The maximum atomic E-state index is 11.9. The minimum absolute atomic E-state index is 0.0978. The van der Waals surface area contributed by atoms with Gasteiger partial charge >= 0.3 is 5.97 Å². The van der Waals surface area contributed by atoms with E-state index < -0.39 is 0 Å². The van der Waals surface area contributed by atoms with Crippen molar-refractivity contribution >= 4 is 33.5 Å². The molecule has 0 radical (unpaired) electrons. The van der Waals surface area contributed by atoms with Crippen LogP contribution in [0.4, 0.5) is 5.69 Å². The molecule has 0 bridgehead atoms. The number of nitrogens with zero attached hydrogens (tertiary/aromatic N) is 1. The summed E-state index contributed by atoms with van der Waals surface area (Å²) >= 11 is 3.37. The summed E-state index contributed by atoms with van der Waals surface area (Å²) in [4.78, 5) is 24.8. The highest BCUT2D eigenvalue weighted by atomic mass is 79.9.